The largest absolute Gasteiger partial charge is 0.374 e. The topological polar surface area (TPSA) is 119 Å². The molecule has 1 aliphatic heterocycles. The van der Waals surface area contributed by atoms with Crippen molar-refractivity contribution in [1.29, 1.82) is 0 Å². The highest BCUT2D eigenvalue weighted by molar-refractivity contribution is 6.33. The molecule has 272 valence electrons. The molecular weight excluding hydrogens is 694 g/mol. The Hall–Kier alpha value is -5.01. The number of nitrogens with one attached hydrogen (secondary N) is 1. The standard InChI is InChI=1S/C41H40ClN5O6/c1-28(48)44-41-45-38(42)34-39(46-41)43-27-47(34)40-37(52-25-32-20-12-5-13-21-32)36(51-24-31-18-10-4-11-19-31)35(50-23-30-16-8-3-9-17-30)33(53-40)26-49-22-29-14-6-2-7-15-29/h2-21,27,33,35-37,40H,22-26H2,1H3,(H,44,45,46,48)/t33-,35-,36+,37+,40+/m1/s1. The van der Waals surface area contributed by atoms with E-state index in [9.17, 15) is 4.79 Å². The molecule has 0 spiro atoms. The molecule has 4 aromatic carbocycles. The van der Waals surface area contributed by atoms with Gasteiger partial charge in [0.2, 0.25) is 11.9 Å². The first-order valence-electron chi connectivity index (χ1n) is 17.4. The van der Waals surface area contributed by atoms with Crippen LogP contribution in [0, 0.1) is 0 Å². The number of amides is 1. The first-order valence-corrected chi connectivity index (χ1v) is 17.8. The van der Waals surface area contributed by atoms with Crippen molar-refractivity contribution in [2.45, 2.75) is 64.0 Å². The summed E-state index contributed by atoms with van der Waals surface area (Å²) in [5.41, 5.74) is 4.68. The van der Waals surface area contributed by atoms with E-state index in [0.717, 1.165) is 22.3 Å². The molecule has 0 unspecified atom stereocenters. The number of carbonyl (C=O) groups is 1. The Morgan fingerprint density at radius 2 is 1.19 bits per heavy atom. The van der Waals surface area contributed by atoms with Crippen LogP contribution in [0.25, 0.3) is 11.2 Å². The third kappa shape index (κ3) is 9.33. The molecule has 11 nitrogen and oxygen atoms in total. The van der Waals surface area contributed by atoms with Crippen molar-refractivity contribution in [3.63, 3.8) is 0 Å². The maximum absolute atomic E-state index is 11.8. The predicted octanol–water partition coefficient (Wildman–Crippen LogP) is 7.31. The molecule has 53 heavy (non-hydrogen) atoms. The number of benzene rings is 4. The van der Waals surface area contributed by atoms with E-state index in [1.54, 1.807) is 10.9 Å². The Kier molecular flexibility index (Phi) is 12.1. The Morgan fingerprint density at radius 3 is 1.72 bits per heavy atom. The second-order valence-electron chi connectivity index (χ2n) is 12.7. The van der Waals surface area contributed by atoms with Crippen molar-refractivity contribution < 1.29 is 28.5 Å². The lowest BCUT2D eigenvalue weighted by atomic mass is 9.96. The molecule has 6 aromatic rings. The van der Waals surface area contributed by atoms with Crippen LogP contribution in [0.3, 0.4) is 0 Å². The molecule has 1 saturated heterocycles. The fourth-order valence-electron chi connectivity index (χ4n) is 6.30. The molecule has 2 aromatic heterocycles. The highest BCUT2D eigenvalue weighted by atomic mass is 35.5. The van der Waals surface area contributed by atoms with E-state index < -0.39 is 30.6 Å². The summed E-state index contributed by atoms with van der Waals surface area (Å²) in [5, 5.41) is 2.67. The van der Waals surface area contributed by atoms with Crippen LogP contribution in [0.4, 0.5) is 5.95 Å². The highest BCUT2D eigenvalue weighted by Crippen LogP contribution is 2.38. The van der Waals surface area contributed by atoms with E-state index in [2.05, 4.69) is 20.3 Å². The van der Waals surface area contributed by atoms with E-state index in [1.165, 1.54) is 6.92 Å². The Labute approximate surface area is 312 Å². The average molecular weight is 734 g/mol. The molecule has 0 bridgehead atoms. The van der Waals surface area contributed by atoms with Gasteiger partial charge in [-0.3, -0.25) is 14.7 Å². The third-order valence-electron chi connectivity index (χ3n) is 8.81. The van der Waals surface area contributed by atoms with Gasteiger partial charge in [-0.1, -0.05) is 133 Å². The molecule has 0 aliphatic carbocycles. The van der Waals surface area contributed by atoms with Crippen LogP contribution in [-0.2, 0) is 54.9 Å². The van der Waals surface area contributed by atoms with Gasteiger partial charge >= 0.3 is 0 Å². The van der Waals surface area contributed by atoms with E-state index in [4.69, 9.17) is 35.3 Å². The van der Waals surface area contributed by atoms with Gasteiger partial charge in [0.15, 0.2) is 17.0 Å². The van der Waals surface area contributed by atoms with Crippen LogP contribution in [0.15, 0.2) is 128 Å². The number of rotatable bonds is 15. The van der Waals surface area contributed by atoms with Gasteiger partial charge in [0.25, 0.3) is 0 Å². The minimum absolute atomic E-state index is 0.0484. The lowest BCUT2D eigenvalue weighted by Crippen LogP contribution is -2.59. The molecule has 1 amide bonds. The van der Waals surface area contributed by atoms with E-state index in [1.807, 2.05) is 121 Å². The van der Waals surface area contributed by atoms with Gasteiger partial charge in [0.05, 0.1) is 39.4 Å². The summed E-state index contributed by atoms with van der Waals surface area (Å²) in [4.78, 5) is 25.1. The van der Waals surface area contributed by atoms with Gasteiger partial charge in [-0.05, 0) is 22.3 Å². The van der Waals surface area contributed by atoms with E-state index in [0.29, 0.717) is 25.3 Å². The third-order valence-corrected chi connectivity index (χ3v) is 9.07. The predicted molar refractivity (Wildman–Crippen MR) is 200 cm³/mol. The van der Waals surface area contributed by atoms with Gasteiger partial charge < -0.3 is 23.7 Å². The first-order chi connectivity index (χ1) is 26.0. The number of hydrogen-bond acceptors (Lipinski definition) is 9. The van der Waals surface area contributed by atoms with Gasteiger partial charge in [0, 0.05) is 6.92 Å². The molecule has 3 heterocycles. The van der Waals surface area contributed by atoms with Crippen molar-refractivity contribution in [2.75, 3.05) is 11.9 Å². The molecule has 7 rings (SSSR count). The summed E-state index contributed by atoms with van der Waals surface area (Å²) in [6, 6.07) is 39.8. The van der Waals surface area contributed by atoms with Crippen molar-refractivity contribution in [3.8, 4) is 0 Å². The zero-order valence-electron chi connectivity index (χ0n) is 29.2. The number of aromatic nitrogens is 4. The van der Waals surface area contributed by atoms with Crippen LogP contribution in [0.2, 0.25) is 5.15 Å². The van der Waals surface area contributed by atoms with Gasteiger partial charge in [-0.2, -0.15) is 9.97 Å². The fourth-order valence-corrected chi connectivity index (χ4v) is 6.56. The number of anilines is 1. The quantitative estimate of drug-likeness (QED) is 0.108. The van der Waals surface area contributed by atoms with Crippen molar-refractivity contribution >= 4 is 34.6 Å². The van der Waals surface area contributed by atoms with Crippen LogP contribution in [-0.4, -0.2) is 56.4 Å². The minimum Gasteiger partial charge on any atom is -0.374 e. The van der Waals surface area contributed by atoms with Gasteiger partial charge in [-0.25, -0.2) is 4.98 Å². The molecule has 5 atom stereocenters. The second kappa shape index (κ2) is 17.7. The number of carbonyl (C=O) groups excluding carboxylic acids is 1. The second-order valence-corrected chi connectivity index (χ2v) is 13.1. The number of hydrogen-bond donors (Lipinski definition) is 1. The van der Waals surface area contributed by atoms with Crippen LogP contribution >= 0.6 is 11.6 Å². The lowest BCUT2D eigenvalue weighted by Gasteiger charge is -2.46. The number of ether oxygens (including phenoxy) is 5. The summed E-state index contributed by atoms with van der Waals surface area (Å²) < 4.78 is 35.5. The van der Waals surface area contributed by atoms with Crippen LogP contribution in [0.5, 0.6) is 0 Å². The molecular formula is C41H40ClN5O6. The minimum atomic E-state index is -0.834. The van der Waals surface area contributed by atoms with Crippen molar-refractivity contribution in [2.24, 2.45) is 0 Å². The maximum Gasteiger partial charge on any atom is 0.233 e. The molecule has 12 heteroatoms. The summed E-state index contributed by atoms with van der Waals surface area (Å²) >= 11 is 6.80. The average Bonchev–Trinajstić information content (AvgIpc) is 3.61. The Balaban J connectivity index is 1.29. The maximum atomic E-state index is 11.8. The van der Waals surface area contributed by atoms with Gasteiger partial charge in [-0.15, -0.1) is 0 Å². The SMILES string of the molecule is CC(=O)Nc1nc(Cl)c2c(ncn2[C@H]2O[C@H](COCc3ccccc3)[C@@H](OCc3ccccc3)[C@H](OCc3ccccc3)[C@@H]2OCc2ccccc2)n1. The number of fused-ring (bicyclic) bond motifs is 1. The first kappa shape index (κ1) is 36.4. The number of nitrogens with zero attached hydrogens (tertiary/aromatic N) is 4. The Morgan fingerprint density at radius 1 is 0.698 bits per heavy atom. The monoisotopic (exact) mass is 733 g/mol. The zero-order valence-corrected chi connectivity index (χ0v) is 29.9. The summed E-state index contributed by atoms with van der Waals surface area (Å²) in [6.45, 7) is 2.80. The molecule has 1 aliphatic rings. The molecule has 1 N–H and O–H groups in total. The van der Waals surface area contributed by atoms with E-state index >= 15 is 0 Å². The molecule has 1 fully saturated rings. The van der Waals surface area contributed by atoms with Crippen molar-refractivity contribution in [1.82, 2.24) is 19.5 Å². The molecule has 0 radical (unpaired) electrons. The number of halogens is 1. The van der Waals surface area contributed by atoms with Crippen LogP contribution < -0.4 is 5.32 Å². The lowest BCUT2D eigenvalue weighted by molar-refractivity contribution is -0.289. The fraction of sp³-hybridized carbons (Fsp3) is 0.268. The molecule has 0 saturated carbocycles. The Bertz CT molecular complexity index is 2060. The van der Waals surface area contributed by atoms with Gasteiger partial charge in [0.1, 0.15) is 29.9 Å². The van der Waals surface area contributed by atoms with Crippen LogP contribution in [0.1, 0.15) is 35.4 Å². The van der Waals surface area contributed by atoms with Crippen molar-refractivity contribution in [3.05, 3.63) is 155 Å². The summed E-state index contributed by atoms with van der Waals surface area (Å²) in [5.74, 6) is -0.282. The normalized spacial score (nSPS) is 20.0. The van der Waals surface area contributed by atoms with E-state index in [-0.39, 0.29) is 35.9 Å². The summed E-state index contributed by atoms with van der Waals surface area (Å²) in [7, 11) is 0. The number of imidazole rings is 1. The smallest absolute Gasteiger partial charge is 0.233 e. The summed E-state index contributed by atoms with van der Waals surface area (Å²) in [6.07, 6.45) is -1.90. The zero-order chi connectivity index (χ0) is 36.4. The highest BCUT2D eigenvalue weighted by Gasteiger charge is 2.49.